The average molecular weight is 222 g/mol. The van der Waals surface area contributed by atoms with Crippen molar-refractivity contribution in [1.29, 1.82) is 0 Å². The number of rotatable bonds is 6. The van der Waals surface area contributed by atoms with E-state index in [1.165, 1.54) is 12.8 Å². The molecule has 1 aliphatic rings. The van der Waals surface area contributed by atoms with Crippen molar-refractivity contribution >= 4 is 0 Å². The Balaban J connectivity index is 2.07. The number of furan rings is 1. The molecular weight excluding hydrogens is 200 g/mol. The summed E-state index contributed by atoms with van der Waals surface area (Å²) in [6.45, 7) is 2.95. The zero-order valence-electron chi connectivity index (χ0n) is 10.2. The third-order valence-corrected chi connectivity index (χ3v) is 3.68. The lowest BCUT2D eigenvalue weighted by atomic mass is 10.1. The van der Waals surface area contributed by atoms with E-state index in [0.29, 0.717) is 12.1 Å². The van der Waals surface area contributed by atoms with Crippen molar-refractivity contribution in [3.63, 3.8) is 0 Å². The van der Waals surface area contributed by atoms with Crippen LogP contribution in [0.25, 0.3) is 0 Å². The van der Waals surface area contributed by atoms with E-state index in [1.54, 1.807) is 6.26 Å². The van der Waals surface area contributed by atoms with E-state index in [1.807, 2.05) is 6.07 Å². The number of nitrogens with two attached hydrogens (primary N) is 1. The minimum absolute atomic E-state index is 0.365. The summed E-state index contributed by atoms with van der Waals surface area (Å²) in [6.07, 6.45) is 5.48. The van der Waals surface area contributed by atoms with Crippen molar-refractivity contribution in [1.82, 2.24) is 4.90 Å². The highest BCUT2D eigenvalue weighted by Gasteiger charge is 2.35. The molecule has 3 heteroatoms. The average Bonchev–Trinajstić information content (AvgIpc) is 2.96. The maximum Gasteiger partial charge on any atom is 0.120 e. The van der Waals surface area contributed by atoms with Gasteiger partial charge in [-0.25, -0.2) is 0 Å². The summed E-state index contributed by atoms with van der Waals surface area (Å²) >= 11 is 0. The zero-order chi connectivity index (χ0) is 11.5. The van der Waals surface area contributed by atoms with Crippen LogP contribution in [0.4, 0.5) is 0 Å². The van der Waals surface area contributed by atoms with Crippen molar-refractivity contribution in [2.75, 3.05) is 13.6 Å². The van der Waals surface area contributed by atoms with Gasteiger partial charge in [0.05, 0.1) is 12.3 Å². The van der Waals surface area contributed by atoms with Gasteiger partial charge in [-0.1, -0.05) is 6.92 Å². The van der Waals surface area contributed by atoms with Crippen LogP contribution < -0.4 is 5.73 Å². The molecule has 1 heterocycles. The molecule has 1 aromatic rings. The van der Waals surface area contributed by atoms with Crippen molar-refractivity contribution < 1.29 is 4.42 Å². The number of nitrogens with zero attached hydrogens (tertiary/aromatic N) is 1. The molecule has 0 aliphatic heterocycles. The molecule has 0 bridgehead atoms. The molecule has 2 atom stereocenters. The smallest absolute Gasteiger partial charge is 0.120 e. The van der Waals surface area contributed by atoms with Crippen LogP contribution in [-0.4, -0.2) is 24.5 Å². The fourth-order valence-electron chi connectivity index (χ4n) is 2.57. The van der Waals surface area contributed by atoms with E-state index in [-0.39, 0.29) is 0 Å². The van der Waals surface area contributed by atoms with Crippen LogP contribution in [0.15, 0.2) is 22.8 Å². The van der Waals surface area contributed by atoms with Gasteiger partial charge in [0.15, 0.2) is 0 Å². The molecule has 1 fully saturated rings. The van der Waals surface area contributed by atoms with Crippen LogP contribution in [0, 0.1) is 5.92 Å². The largest absolute Gasteiger partial charge is 0.468 e. The SMILES string of the molecule is CCC(c1ccco1)N(C)C(CN)C1CC1. The predicted molar refractivity (Wildman–Crippen MR) is 65.1 cm³/mol. The van der Waals surface area contributed by atoms with Gasteiger partial charge in [-0.05, 0) is 44.4 Å². The molecule has 3 nitrogen and oxygen atoms in total. The summed E-state index contributed by atoms with van der Waals surface area (Å²) in [7, 11) is 2.17. The minimum atomic E-state index is 0.365. The molecule has 2 rings (SSSR count). The monoisotopic (exact) mass is 222 g/mol. The van der Waals surface area contributed by atoms with Crippen LogP contribution >= 0.6 is 0 Å². The van der Waals surface area contributed by atoms with Crippen molar-refractivity contribution in [2.24, 2.45) is 11.7 Å². The fraction of sp³-hybridized carbons (Fsp3) is 0.692. The highest BCUT2D eigenvalue weighted by atomic mass is 16.3. The van der Waals surface area contributed by atoms with Crippen LogP contribution in [0.3, 0.4) is 0 Å². The molecule has 0 amide bonds. The number of hydrogen-bond acceptors (Lipinski definition) is 3. The van der Waals surface area contributed by atoms with Gasteiger partial charge < -0.3 is 10.2 Å². The van der Waals surface area contributed by atoms with Crippen LogP contribution in [-0.2, 0) is 0 Å². The van der Waals surface area contributed by atoms with Gasteiger partial charge in [-0.2, -0.15) is 0 Å². The van der Waals surface area contributed by atoms with Gasteiger partial charge in [-0.3, -0.25) is 4.90 Å². The quantitative estimate of drug-likeness (QED) is 0.803. The Labute approximate surface area is 97.6 Å². The van der Waals surface area contributed by atoms with E-state index in [2.05, 4.69) is 24.9 Å². The second-order valence-corrected chi connectivity index (χ2v) is 4.75. The first kappa shape index (κ1) is 11.7. The molecule has 0 spiro atoms. The maximum atomic E-state index is 5.89. The Kier molecular flexibility index (Phi) is 3.66. The Morgan fingerprint density at radius 2 is 2.31 bits per heavy atom. The summed E-state index contributed by atoms with van der Waals surface area (Å²) in [4.78, 5) is 2.40. The molecule has 0 aromatic carbocycles. The Morgan fingerprint density at radius 1 is 1.56 bits per heavy atom. The van der Waals surface area contributed by atoms with Gasteiger partial charge in [0.2, 0.25) is 0 Å². The molecule has 0 saturated heterocycles. The molecule has 2 unspecified atom stereocenters. The third kappa shape index (κ3) is 2.30. The maximum absolute atomic E-state index is 5.89. The Morgan fingerprint density at radius 3 is 2.75 bits per heavy atom. The first-order valence-corrected chi connectivity index (χ1v) is 6.23. The van der Waals surface area contributed by atoms with Crippen molar-refractivity contribution in [3.8, 4) is 0 Å². The molecule has 1 saturated carbocycles. The third-order valence-electron chi connectivity index (χ3n) is 3.68. The van der Waals surface area contributed by atoms with Crippen molar-refractivity contribution in [3.05, 3.63) is 24.2 Å². The molecule has 16 heavy (non-hydrogen) atoms. The molecule has 2 N–H and O–H groups in total. The van der Waals surface area contributed by atoms with E-state index in [9.17, 15) is 0 Å². The first-order valence-electron chi connectivity index (χ1n) is 6.23. The van der Waals surface area contributed by atoms with Gasteiger partial charge in [0.1, 0.15) is 5.76 Å². The molecular formula is C13H22N2O. The van der Waals surface area contributed by atoms with Gasteiger partial charge >= 0.3 is 0 Å². The van der Waals surface area contributed by atoms with Crippen LogP contribution in [0.2, 0.25) is 0 Å². The molecule has 90 valence electrons. The molecule has 1 aliphatic carbocycles. The lowest BCUT2D eigenvalue weighted by molar-refractivity contribution is 0.138. The van der Waals surface area contributed by atoms with E-state index >= 15 is 0 Å². The molecule has 0 radical (unpaired) electrons. The Bertz CT molecular complexity index is 306. The lowest BCUT2D eigenvalue weighted by Crippen LogP contribution is -2.41. The number of likely N-dealkylation sites (N-methyl/N-ethyl adjacent to an activating group) is 1. The molecule has 1 aromatic heterocycles. The van der Waals surface area contributed by atoms with E-state index < -0.39 is 0 Å². The predicted octanol–water partition coefficient (Wildman–Crippen LogP) is 2.40. The standard InChI is InChI=1S/C13H22N2O/c1-3-11(13-5-4-8-16-13)15(2)12(9-14)10-6-7-10/h4-5,8,10-12H,3,6-7,9,14H2,1-2H3. The van der Waals surface area contributed by atoms with E-state index in [0.717, 1.165) is 24.6 Å². The second kappa shape index (κ2) is 5.02. The highest BCUT2D eigenvalue weighted by Crippen LogP contribution is 2.38. The minimum Gasteiger partial charge on any atom is -0.468 e. The first-order chi connectivity index (χ1) is 7.77. The Hall–Kier alpha value is -0.800. The zero-order valence-corrected chi connectivity index (χ0v) is 10.2. The number of hydrogen-bond donors (Lipinski definition) is 1. The topological polar surface area (TPSA) is 42.4 Å². The summed E-state index contributed by atoms with van der Waals surface area (Å²) < 4.78 is 5.52. The van der Waals surface area contributed by atoms with E-state index in [4.69, 9.17) is 10.2 Å². The summed E-state index contributed by atoms with van der Waals surface area (Å²) in [5.74, 6) is 1.86. The van der Waals surface area contributed by atoms with Crippen LogP contribution in [0.1, 0.15) is 38.0 Å². The van der Waals surface area contributed by atoms with Gasteiger partial charge in [0, 0.05) is 12.6 Å². The van der Waals surface area contributed by atoms with Crippen molar-refractivity contribution in [2.45, 2.75) is 38.3 Å². The van der Waals surface area contributed by atoms with Gasteiger partial charge in [0.25, 0.3) is 0 Å². The fourth-order valence-corrected chi connectivity index (χ4v) is 2.57. The van der Waals surface area contributed by atoms with Gasteiger partial charge in [-0.15, -0.1) is 0 Å². The van der Waals surface area contributed by atoms with Crippen LogP contribution in [0.5, 0.6) is 0 Å². The highest BCUT2D eigenvalue weighted by molar-refractivity contribution is 5.06. The summed E-state index contributed by atoms with van der Waals surface area (Å²) in [5, 5.41) is 0. The summed E-state index contributed by atoms with van der Waals surface area (Å²) in [5.41, 5.74) is 5.89. The lowest BCUT2D eigenvalue weighted by Gasteiger charge is -2.33. The normalized spacial score (nSPS) is 20.0. The summed E-state index contributed by atoms with van der Waals surface area (Å²) in [6, 6.07) is 4.89. The second-order valence-electron chi connectivity index (χ2n) is 4.75.